The van der Waals surface area contributed by atoms with Crippen molar-refractivity contribution in [1.82, 2.24) is 9.36 Å². The first-order chi connectivity index (χ1) is 9.66. The van der Waals surface area contributed by atoms with Crippen LogP contribution in [0.1, 0.15) is 5.69 Å². The van der Waals surface area contributed by atoms with E-state index in [4.69, 9.17) is 4.55 Å². The van der Waals surface area contributed by atoms with Gasteiger partial charge in [0.05, 0.1) is 11.9 Å². The van der Waals surface area contributed by atoms with Gasteiger partial charge in [-0.2, -0.15) is 8.42 Å². The van der Waals surface area contributed by atoms with Gasteiger partial charge < -0.3 is 5.32 Å². The molecule has 0 saturated heterocycles. The summed E-state index contributed by atoms with van der Waals surface area (Å²) in [6, 6.07) is 9.55. The van der Waals surface area contributed by atoms with Crippen LogP contribution < -0.4 is 35.1 Å². The molecule has 1 aromatic heterocycles. The fraction of sp³-hybridized carbons (Fsp3) is 0.308. The van der Waals surface area contributed by atoms with E-state index in [1.165, 1.54) is 0 Å². The number of hydrogen-bond acceptors (Lipinski definition) is 3. The van der Waals surface area contributed by atoms with Crippen LogP contribution in [0.5, 0.6) is 0 Å². The van der Waals surface area contributed by atoms with Crippen LogP contribution in [0.2, 0.25) is 0 Å². The minimum Gasteiger partial charge on any atom is -0.681 e. The summed E-state index contributed by atoms with van der Waals surface area (Å²) in [6.45, 7) is 1.89. The van der Waals surface area contributed by atoms with Gasteiger partial charge in [-0.15, -0.1) is 7.05 Å². The second-order valence-electron chi connectivity index (χ2n) is 4.37. The molecule has 9 heteroatoms. The molecule has 0 saturated carbocycles. The predicted octanol–water partition coefficient (Wildman–Crippen LogP) is -1.37. The minimum absolute atomic E-state index is 0. The van der Waals surface area contributed by atoms with Crippen LogP contribution in [0.3, 0.4) is 0 Å². The fourth-order valence-corrected chi connectivity index (χ4v) is 1.81. The quantitative estimate of drug-likeness (QED) is 0.541. The summed E-state index contributed by atoms with van der Waals surface area (Å²) < 4.78 is 29.3. The van der Waals surface area contributed by atoms with Gasteiger partial charge in [0.25, 0.3) is 15.7 Å². The number of nitrogens with zero attached hydrogens (tertiary/aromatic N) is 3. The molecule has 1 N–H and O–H groups in total. The maximum absolute atomic E-state index is 12.1. The van der Waals surface area contributed by atoms with Gasteiger partial charge in [0, 0.05) is 12.7 Å². The number of para-hydroxylation sites is 1. The zero-order valence-electron chi connectivity index (χ0n) is 13.3. The van der Waals surface area contributed by atoms with Crippen molar-refractivity contribution in [2.45, 2.75) is 6.92 Å². The summed E-state index contributed by atoms with van der Waals surface area (Å²) in [6.07, 6.45) is 0.715. The molecular formula is C13H18N3NaO4S. The molecule has 0 bridgehead atoms. The van der Waals surface area contributed by atoms with Crippen LogP contribution in [0.25, 0.3) is 11.0 Å². The molecule has 0 aliphatic carbocycles. The number of benzene rings is 1. The molecule has 0 aliphatic heterocycles. The van der Waals surface area contributed by atoms with Gasteiger partial charge in [-0.05, 0) is 24.7 Å². The third kappa shape index (κ3) is 5.62. The van der Waals surface area contributed by atoms with Crippen molar-refractivity contribution >= 4 is 15.8 Å². The van der Waals surface area contributed by atoms with E-state index in [0.29, 0.717) is 11.9 Å². The Labute approximate surface area is 152 Å². The van der Waals surface area contributed by atoms with Crippen molar-refractivity contribution in [3.05, 3.63) is 51.7 Å². The molecular weight excluding hydrogens is 317 g/mol. The molecule has 0 atom stereocenters. The Morgan fingerprint density at radius 3 is 2.00 bits per heavy atom. The van der Waals surface area contributed by atoms with E-state index >= 15 is 0 Å². The van der Waals surface area contributed by atoms with Crippen molar-refractivity contribution in [1.29, 1.82) is 0 Å². The van der Waals surface area contributed by atoms with Gasteiger partial charge in [-0.3, -0.25) is 14.0 Å². The first-order valence-electron chi connectivity index (χ1n) is 6.03. The van der Waals surface area contributed by atoms with E-state index in [1.54, 1.807) is 11.7 Å². The Kier molecular flexibility index (Phi) is 8.13. The van der Waals surface area contributed by atoms with Gasteiger partial charge in [0.2, 0.25) is 0 Å². The SMILES string of the molecule is CS(=O)(=O)O.C[N-]c1c(C)n(C)n(-c2ccccc2)c1=O.[Na+]. The fourth-order valence-electron chi connectivity index (χ4n) is 1.81. The van der Waals surface area contributed by atoms with Gasteiger partial charge in [0.15, 0.2) is 0 Å². The third-order valence-corrected chi connectivity index (χ3v) is 2.75. The predicted molar refractivity (Wildman–Crippen MR) is 82.2 cm³/mol. The molecule has 1 heterocycles. The van der Waals surface area contributed by atoms with E-state index in [2.05, 4.69) is 5.32 Å². The Morgan fingerprint density at radius 1 is 1.18 bits per heavy atom. The summed E-state index contributed by atoms with van der Waals surface area (Å²) in [5.74, 6) is 0. The van der Waals surface area contributed by atoms with E-state index in [-0.39, 0.29) is 35.1 Å². The molecule has 0 radical (unpaired) electrons. The molecule has 116 valence electrons. The molecule has 0 amide bonds. The van der Waals surface area contributed by atoms with E-state index in [1.807, 2.05) is 49.0 Å². The van der Waals surface area contributed by atoms with Gasteiger partial charge in [-0.1, -0.05) is 18.2 Å². The van der Waals surface area contributed by atoms with Crippen LogP contribution in [-0.2, 0) is 17.2 Å². The molecule has 0 unspecified atom stereocenters. The summed E-state index contributed by atoms with van der Waals surface area (Å²) in [7, 11) is -0.169. The molecule has 2 rings (SSSR count). The average Bonchev–Trinajstić information content (AvgIpc) is 2.59. The summed E-state index contributed by atoms with van der Waals surface area (Å²) in [5, 5.41) is 4.02. The van der Waals surface area contributed by atoms with E-state index in [9.17, 15) is 13.2 Å². The summed E-state index contributed by atoms with van der Waals surface area (Å²) in [4.78, 5) is 12.1. The van der Waals surface area contributed by atoms with E-state index < -0.39 is 10.1 Å². The Hall–Kier alpha value is -1.06. The molecule has 0 aliphatic rings. The molecule has 0 spiro atoms. The standard InChI is InChI=1S/C12H14N3O.CH4O3S.Na/c1-9-11(13-2)12(16)15(14(9)3)10-7-5-4-6-8-10;1-5(2,3)4;/h4-8H,1-3H3;1H3,(H,2,3,4);/q-1;;+1. The van der Waals surface area contributed by atoms with Crippen molar-refractivity contribution in [3.63, 3.8) is 0 Å². The van der Waals surface area contributed by atoms with Gasteiger partial charge in [-0.25, -0.2) is 4.68 Å². The Morgan fingerprint density at radius 2 is 1.64 bits per heavy atom. The normalized spacial score (nSPS) is 10.2. The maximum atomic E-state index is 12.1. The number of aromatic nitrogens is 2. The topological polar surface area (TPSA) is 95.4 Å². The molecule has 22 heavy (non-hydrogen) atoms. The molecule has 7 nitrogen and oxygen atoms in total. The Bertz CT molecular complexity index is 759. The van der Waals surface area contributed by atoms with Gasteiger partial charge >= 0.3 is 29.6 Å². The minimum atomic E-state index is -3.67. The first kappa shape index (κ1) is 20.9. The summed E-state index contributed by atoms with van der Waals surface area (Å²) >= 11 is 0. The Balaban J connectivity index is 0.000000644. The van der Waals surface area contributed by atoms with Crippen molar-refractivity contribution in [2.24, 2.45) is 7.05 Å². The second kappa shape index (κ2) is 8.54. The largest absolute Gasteiger partial charge is 1.00 e. The smallest absolute Gasteiger partial charge is 0.681 e. The third-order valence-electron chi connectivity index (χ3n) is 2.75. The van der Waals surface area contributed by atoms with Crippen LogP contribution in [0, 0.1) is 6.92 Å². The molecule has 2 aromatic rings. The maximum Gasteiger partial charge on any atom is 1.00 e. The number of hydrogen-bond donors (Lipinski definition) is 1. The second-order valence-corrected chi connectivity index (χ2v) is 5.83. The zero-order valence-corrected chi connectivity index (χ0v) is 16.1. The van der Waals surface area contributed by atoms with Crippen molar-refractivity contribution < 1.29 is 42.5 Å². The van der Waals surface area contributed by atoms with E-state index in [0.717, 1.165) is 11.4 Å². The summed E-state index contributed by atoms with van der Waals surface area (Å²) in [5.41, 5.74) is 2.17. The molecule has 1 aromatic carbocycles. The van der Waals surface area contributed by atoms with Crippen LogP contribution in [0.4, 0.5) is 5.69 Å². The van der Waals surface area contributed by atoms with Crippen LogP contribution >= 0.6 is 0 Å². The first-order valence-corrected chi connectivity index (χ1v) is 7.88. The zero-order chi connectivity index (χ0) is 16.2. The molecule has 0 fully saturated rings. The number of rotatable bonds is 2. The average molecular weight is 335 g/mol. The van der Waals surface area contributed by atoms with Gasteiger partial charge in [0.1, 0.15) is 0 Å². The van der Waals surface area contributed by atoms with Crippen molar-refractivity contribution in [3.8, 4) is 5.69 Å². The van der Waals surface area contributed by atoms with Crippen molar-refractivity contribution in [2.75, 3.05) is 13.3 Å². The van der Waals surface area contributed by atoms with Crippen LogP contribution in [-0.4, -0.2) is 35.6 Å². The monoisotopic (exact) mass is 335 g/mol. The van der Waals surface area contributed by atoms with Crippen LogP contribution in [0.15, 0.2) is 35.1 Å².